The molecule has 0 amide bonds. The van der Waals surface area contributed by atoms with E-state index in [-0.39, 0.29) is 17.1 Å². The number of carbonyl (C=O) groups excluding carboxylic acids is 1. The van der Waals surface area contributed by atoms with E-state index in [0.717, 1.165) is 52.1 Å². The molecule has 3 aliphatic rings. The molecule has 0 unspecified atom stereocenters. The predicted octanol–water partition coefficient (Wildman–Crippen LogP) is 3.88. The van der Waals surface area contributed by atoms with Crippen LogP contribution in [0.15, 0.2) is 23.8 Å². The summed E-state index contributed by atoms with van der Waals surface area (Å²) in [6, 6.07) is 8.41. The summed E-state index contributed by atoms with van der Waals surface area (Å²) >= 11 is 0. The number of H-pyrrole nitrogens is 1. The lowest BCUT2D eigenvalue weighted by Gasteiger charge is -2.35. The molecular formula is C25H27N3O3S. The van der Waals surface area contributed by atoms with Gasteiger partial charge in [0, 0.05) is 46.6 Å². The molecule has 0 bridgehead atoms. The van der Waals surface area contributed by atoms with Crippen molar-refractivity contribution in [2.24, 2.45) is 0 Å². The Balaban J connectivity index is 1.52. The minimum absolute atomic E-state index is 0.0547. The average molecular weight is 450 g/mol. The van der Waals surface area contributed by atoms with Crippen molar-refractivity contribution < 1.29 is 13.2 Å². The first-order valence-electron chi connectivity index (χ1n) is 11.1. The van der Waals surface area contributed by atoms with E-state index in [1.807, 2.05) is 18.2 Å². The molecule has 1 aromatic heterocycles. The number of piperidine rings is 1. The quantitative estimate of drug-likeness (QED) is 0.753. The number of nitrogens with zero attached hydrogens (tertiary/aromatic N) is 2. The van der Waals surface area contributed by atoms with E-state index < -0.39 is 10.0 Å². The molecule has 2 aromatic rings. The number of nitriles is 1. The van der Waals surface area contributed by atoms with Gasteiger partial charge in [-0.15, -0.1) is 0 Å². The van der Waals surface area contributed by atoms with Gasteiger partial charge >= 0.3 is 0 Å². The van der Waals surface area contributed by atoms with Gasteiger partial charge in [-0.1, -0.05) is 32.0 Å². The maximum absolute atomic E-state index is 13.5. The van der Waals surface area contributed by atoms with Gasteiger partial charge < -0.3 is 4.98 Å². The molecule has 6 nitrogen and oxygen atoms in total. The van der Waals surface area contributed by atoms with Crippen molar-refractivity contribution >= 4 is 21.9 Å². The van der Waals surface area contributed by atoms with Crippen LogP contribution < -0.4 is 0 Å². The lowest BCUT2D eigenvalue weighted by Crippen LogP contribution is -2.37. The molecule has 0 atom stereocenters. The molecule has 1 N–H and O–H groups in total. The number of carbonyl (C=O) groups is 1. The van der Waals surface area contributed by atoms with E-state index in [4.69, 9.17) is 0 Å². The van der Waals surface area contributed by atoms with E-state index in [1.165, 1.54) is 11.8 Å². The largest absolute Gasteiger partial charge is 0.357 e. The van der Waals surface area contributed by atoms with Gasteiger partial charge in [0.25, 0.3) is 0 Å². The highest BCUT2D eigenvalue weighted by atomic mass is 32.2. The van der Waals surface area contributed by atoms with Crippen LogP contribution in [0.25, 0.3) is 6.08 Å². The standard InChI is InChI=1S/C25H27N3O3S/c1-25(2)20-13-17(16-8-10-28(11-9-16)32(3,30)31)5-7-18(20)23(29)22-19-6-4-15(14-26)12-21(19)27-24(22)25/h5,7,12-13,16,27H,4,6,8-11H2,1-3H3. The summed E-state index contributed by atoms with van der Waals surface area (Å²) in [6.45, 7) is 5.35. The fourth-order valence-electron chi connectivity index (χ4n) is 5.58. The summed E-state index contributed by atoms with van der Waals surface area (Å²) in [6.07, 6.45) is 6.08. The van der Waals surface area contributed by atoms with E-state index >= 15 is 0 Å². The number of sulfonamides is 1. The number of nitrogens with one attached hydrogen (secondary N) is 1. The zero-order valence-corrected chi connectivity index (χ0v) is 19.5. The van der Waals surface area contributed by atoms with Crippen molar-refractivity contribution in [3.63, 3.8) is 0 Å². The molecule has 1 saturated heterocycles. The normalized spacial score (nSPS) is 20.7. The minimum Gasteiger partial charge on any atom is -0.357 e. The van der Waals surface area contributed by atoms with E-state index in [0.29, 0.717) is 25.9 Å². The molecule has 0 radical (unpaired) electrons. The number of allylic oxidation sites excluding steroid dienone is 1. The van der Waals surface area contributed by atoms with Crippen molar-refractivity contribution in [3.05, 3.63) is 63.0 Å². The summed E-state index contributed by atoms with van der Waals surface area (Å²) in [5.41, 5.74) is 6.92. The molecule has 7 heteroatoms. The third-order valence-corrected chi connectivity index (χ3v) is 8.75. The van der Waals surface area contributed by atoms with Gasteiger partial charge in [-0.25, -0.2) is 12.7 Å². The lowest BCUT2D eigenvalue weighted by atomic mass is 9.69. The van der Waals surface area contributed by atoms with Crippen LogP contribution in [0.4, 0.5) is 0 Å². The second-order valence-electron chi connectivity index (χ2n) is 9.74. The molecule has 0 saturated carbocycles. The zero-order valence-electron chi connectivity index (χ0n) is 18.7. The Morgan fingerprint density at radius 3 is 2.56 bits per heavy atom. The molecule has 32 heavy (non-hydrogen) atoms. The molecular weight excluding hydrogens is 422 g/mol. The van der Waals surface area contributed by atoms with Crippen molar-refractivity contribution in [1.29, 1.82) is 5.26 Å². The Kier molecular flexibility index (Phi) is 4.74. The van der Waals surface area contributed by atoms with Crippen molar-refractivity contribution in [1.82, 2.24) is 9.29 Å². The summed E-state index contributed by atoms with van der Waals surface area (Å²) < 4.78 is 25.2. The Labute approximate surface area is 189 Å². The van der Waals surface area contributed by atoms with Gasteiger partial charge in [0.1, 0.15) is 0 Å². The summed E-state index contributed by atoms with van der Waals surface area (Å²) in [4.78, 5) is 17.0. The van der Waals surface area contributed by atoms with Crippen molar-refractivity contribution in [2.75, 3.05) is 19.3 Å². The highest BCUT2D eigenvalue weighted by Gasteiger charge is 2.41. The number of aromatic amines is 1. The number of hydrogen-bond acceptors (Lipinski definition) is 4. The molecule has 1 aromatic carbocycles. The Bertz CT molecular complexity index is 1320. The molecule has 166 valence electrons. The summed E-state index contributed by atoms with van der Waals surface area (Å²) in [7, 11) is -3.15. The first-order valence-corrected chi connectivity index (χ1v) is 13.0. The summed E-state index contributed by atoms with van der Waals surface area (Å²) in [5.74, 6) is 0.336. The van der Waals surface area contributed by atoms with Gasteiger partial charge in [0.05, 0.1) is 12.3 Å². The lowest BCUT2D eigenvalue weighted by molar-refractivity contribution is 0.103. The van der Waals surface area contributed by atoms with Crippen LogP contribution >= 0.6 is 0 Å². The topological polar surface area (TPSA) is 94.0 Å². The van der Waals surface area contributed by atoms with E-state index in [2.05, 4.69) is 31.0 Å². The fraction of sp³-hybridized carbons (Fsp3) is 0.440. The molecule has 5 rings (SSSR count). The molecule has 2 aliphatic carbocycles. The first-order chi connectivity index (χ1) is 15.1. The Morgan fingerprint density at radius 1 is 1.19 bits per heavy atom. The molecule has 2 heterocycles. The third kappa shape index (κ3) is 3.16. The SMILES string of the molecule is CC1(C)c2cc(C3CCN(S(C)(=O)=O)CC3)ccc2C(=O)c2c1[nH]c1c2CCC(C#N)=C1. The predicted molar refractivity (Wildman–Crippen MR) is 123 cm³/mol. The van der Waals surface area contributed by atoms with Gasteiger partial charge in [0.15, 0.2) is 5.78 Å². The number of hydrogen-bond donors (Lipinski definition) is 1. The smallest absolute Gasteiger partial charge is 0.211 e. The van der Waals surface area contributed by atoms with Crippen LogP contribution in [0.2, 0.25) is 0 Å². The van der Waals surface area contributed by atoms with Crippen LogP contribution in [-0.4, -0.2) is 42.8 Å². The molecule has 0 spiro atoms. The summed E-state index contributed by atoms with van der Waals surface area (Å²) in [5, 5.41) is 9.30. The van der Waals surface area contributed by atoms with Crippen LogP contribution in [0.1, 0.15) is 83.0 Å². The maximum Gasteiger partial charge on any atom is 0.211 e. The second-order valence-corrected chi connectivity index (χ2v) is 11.7. The van der Waals surface area contributed by atoms with Gasteiger partial charge in [-0.3, -0.25) is 4.79 Å². The minimum atomic E-state index is -3.15. The van der Waals surface area contributed by atoms with Crippen LogP contribution in [-0.2, 0) is 21.9 Å². The Morgan fingerprint density at radius 2 is 1.91 bits per heavy atom. The third-order valence-electron chi connectivity index (χ3n) is 7.45. The molecule has 1 aliphatic heterocycles. The number of rotatable bonds is 2. The number of aromatic nitrogens is 1. The second kappa shape index (κ2) is 7.16. The van der Waals surface area contributed by atoms with Crippen LogP contribution in [0, 0.1) is 11.3 Å². The van der Waals surface area contributed by atoms with Crippen LogP contribution in [0.5, 0.6) is 0 Å². The van der Waals surface area contributed by atoms with E-state index in [1.54, 1.807) is 4.31 Å². The fourth-order valence-corrected chi connectivity index (χ4v) is 6.45. The molecule has 1 fully saturated rings. The monoisotopic (exact) mass is 449 g/mol. The number of benzene rings is 1. The zero-order chi connectivity index (χ0) is 22.8. The maximum atomic E-state index is 13.5. The first kappa shape index (κ1) is 21.2. The van der Waals surface area contributed by atoms with Crippen molar-refractivity contribution in [2.45, 2.75) is 50.9 Å². The van der Waals surface area contributed by atoms with Gasteiger partial charge in [-0.2, -0.15) is 5.26 Å². The number of ketones is 1. The van der Waals surface area contributed by atoms with Gasteiger partial charge in [-0.05, 0) is 54.4 Å². The highest BCUT2D eigenvalue weighted by molar-refractivity contribution is 7.88. The number of fused-ring (bicyclic) bond motifs is 4. The highest BCUT2D eigenvalue weighted by Crippen LogP contribution is 2.45. The average Bonchev–Trinajstić information content (AvgIpc) is 3.17. The van der Waals surface area contributed by atoms with Crippen LogP contribution in [0.3, 0.4) is 0 Å². The van der Waals surface area contributed by atoms with Gasteiger partial charge in [0.2, 0.25) is 10.0 Å². The van der Waals surface area contributed by atoms with Crippen molar-refractivity contribution in [3.8, 4) is 6.07 Å². The Hall–Kier alpha value is -2.69. The van der Waals surface area contributed by atoms with E-state index in [9.17, 15) is 18.5 Å².